The van der Waals surface area contributed by atoms with Crippen molar-refractivity contribution in [1.29, 1.82) is 0 Å². The predicted octanol–water partition coefficient (Wildman–Crippen LogP) is 4.42. The van der Waals surface area contributed by atoms with Gasteiger partial charge in [-0.05, 0) is 90.7 Å². The molecule has 1 heterocycles. The zero-order valence-corrected chi connectivity index (χ0v) is 18.4. The maximum atomic E-state index is 12.9. The standard InChI is InChI=1S/C20H23IN2O3S/c1-3-17-5-4-12-23(17)27(25,26)18-10-8-16(9-11-18)22-20(24)15-7-6-14(2)19(21)13-15/h6-11,13,17H,3-5,12H2,1-2H3,(H,22,24). The van der Waals surface area contributed by atoms with Crippen LogP contribution in [0.4, 0.5) is 5.69 Å². The van der Waals surface area contributed by atoms with Crippen molar-refractivity contribution in [2.75, 3.05) is 11.9 Å². The molecular formula is C20H23IN2O3S. The van der Waals surface area contributed by atoms with Crippen molar-refractivity contribution in [3.05, 3.63) is 57.2 Å². The van der Waals surface area contributed by atoms with E-state index >= 15 is 0 Å². The molecule has 0 aromatic heterocycles. The molecule has 2 aromatic carbocycles. The lowest BCUT2D eigenvalue weighted by Gasteiger charge is -2.23. The summed E-state index contributed by atoms with van der Waals surface area (Å²) in [5.41, 5.74) is 2.27. The van der Waals surface area contributed by atoms with Crippen LogP contribution in [0, 0.1) is 10.5 Å². The van der Waals surface area contributed by atoms with Crippen molar-refractivity contribution >= 4 is 44.2 Å². The fourth-order valence-electron chi connectivity index (χ4n) is 3.32. The molecule has 1 aliphatic heterocycles. The lowest BCUT2D eigenvalue weighted by atomic mass is 10.1. The van der Waals surface area contributed by atoms with Crippen LogP contribution >= 0.6 is 22.6 Å². The normalized spacial score (nSPS) is 17.8. The van der Waals surface area contributed by atoms with Crippen LogP contribution in [0.2, 0.25) is 0 Å². The lowest BCUT2D eigenvalue weighted by molar-refractivity contribution is 0.102. The molecule has 0 spiro atoms. The summed E-state index contributed by atoms with van der Waals surface area (Å²) in [5.74, 6) is -0.214. The molecule has 0 bridgehead atoms. The summed E-state index contributed by atoms with van der Waals surface area (Å²) < 4.78 is 28.4. The van der Waals surface area contributed by atoms with Gasteiger partial charge < -0.3 is 5.32 Å². The molecule has 7 heteroatoms. The largest absolute Gasteiger partial charge is 0.322 e. The van der Waals surface area contributed by atoms with Gasteiger partial charge in [-0.25, -0.2) is 8.42 Å². The second-order valence-corrected chi connectivity index (χ2v) is 9.82. The van der Waals surface area contributed by atoms with Gasteiger partial charge in [-0.2, -0.15) is 4.31 Å². The second kappa shape index (κ2) is 8.28. The fraction of sp³-hybridized carbons (Fsp3) is 0.350. The number of benzene rings is 2. The first-order valence-electron chi connectivity index (χ1n) is 9.02. The summed E-state index contributed by atoms with van der Waals surface area (Å²) >= 11 is 2.20. The van der Waals surface area contributed by atoms with Crippen LogP contribution in [0.15, 0.2) is 47.4 Å². The van der Waals surface area contributed by atoms with Crippen LogP contribution in [0.3, 0.4) is 0 Å². The Kier molecular flexibility index (Phi) is 6.22. The smallest absolute Gasteiger partial charge is 0.255 e. The minimum Gasteiger partial charge on any atom is -0.322 e. The van der Waals surface area contributed by atoms with E-state index in [4.69, 9.17) is 0 Å². The number of aryl methyl sites for hydroxylation is 1. The average molecular weight is 498 g/mol. The molecule has 1 saturated heterocycles. The van der Waals surface area contributed by atoms with Crippen LogP contribution in [-0.2, 0) is 10.0 Å². The number of anilines is 1. The molecular weight excluding hydrogens is 475 g/mol. The summed E-state index contributed by atoms with van der Waals surface area (Å²) in [7, 11) is -3.49. The number of halogens is 1. The number of hydrogen-bond acceptors (Lipinski definition) is 3. The zero-order chi connectivity index (χ0) is 19.6. The van der Waals surface area contributed by atoms with Gasteiger partial charge in [-0.15, -0.1) is 0 Å². The molecule has 5 nitrogen and oxygen atoms in total. The summed E-state index contributed by atoms with van der Waals surface area (Å²) in [6.45, 7) is 4.58. The topological polar surface area (TPSA) is 66.5 Å². The lowest BCUT2D eigenvalue weighted by Crippen LogP contribution is -2.35. The molecule has 1 atom stereocenters. The van der Waals surface area contributed by atoms with Crippen LogP contribution in [-0.4, -0.2) is 31.2 Å². The number of nitrogens with one attached hydrogen (secondary N) is 1. The number of carbonyl (C=O) groups is 1. The van der Waals surface area contributed by atoms with E-state index in [1.165, 1.54) is 0 Å². The highest BCUT2D eigenvalue weighted by Crippen LogP contribution is 2.28. The van der Waals surface area contributed by atoms with Gasteiger partial charge in [0.1, 0.15) is 0 Å². The highest BCUT2D eigenvalue weighted by Gasteiger charge is 2.34. The Hall–Kier alpha value is -1.45. The molecule has 0 aliphatic carbocycles. The van der Waals surface area contributed by atoms with Gasteiger partial charge in [0.15, 0.2) is 0 Å². The Morgan fingerprint density at radius 2 is 1.93 bits per heavy atom. The van der Waals surface area contributed by atoms with Gasteiger partial charge in [-0.3, -0.25) is 4.79 Å². The Labute approximate surface area is 174 Å². The van der Waals surface area contributed by atoms with E-state index in [1.54, 1.807) is 34.6 Å². The molecule has 0 saturated carbocycles. The Morgan fingerprint density at radius 1 is 1.22 bits per heavy atom. The van der Waals surface area contributed by atoms with E-state index in [0.29, 0.717) is 17.8 Å². The van der Waals surface area contributed by atoms with Crippen LogP contribution in [0.1, 0.15) is 42.1 Å². The van der Waals surface area contributed by atoms with E-state index in [0.717, 1.165) is 28.4 Å². The third-order valence-electron chi connectivity index (χ3n) is 4.95. The molecule has 1 aliphatic rings. The molecule has 1 amide bonds. The number of hydrogen-bond donors (Lipinski definition) is 1. The highest BCUT2D eigenvalue weighted by molar-refractivity contribution is 14.1. The molecule has 2 aromatic rings. The van der Waals surface area contributed by atoms with Crippen LogP contribution < -0.4 is 5.32 Å². The van der Waals surface area contributed by atoms with Gasteiger partial charge >= 0.3 is 0 Å². The molecule has 3 rings (SSSR count). The summed E-state index contributed by atoms with van der Waals surface area (Å²) in [5, 5.41) is 2.82. The minimum absolute atomic E-state index is 0.0818. The van der Waals surface area contributed by atoms with E-state index in [2.05, 4.69) is 27.9 Å². The number of carbonyl (C=O) groups excluding carboxylic acids is 1. The van der Waals surface area contributed by atoms with Crippen LogP contribution in [0.5, 0.6) is 0 Å². The van der Waals surface area contributed by atoms with Crippen molar-refractivity contribution in [2.24, 2.45) is 0 Å². The zero-order valence-electron chi connectivity index (χ0n) is 15.4. The van der Waals surface area contributed by atoms with Crippen LogP contribution in [0.25, 0.3) is 0 Å². The maximum Gasteiger partial charge on any atom is 0.255 e. The molecule has 0 radical (unpaired) electrons. The molecule has 1 unspecified atom stereocenters. The van der Waals surface area contributed by atoms with Gasteiger partial charge in [0.2, 0.25) is 10.0 Å². The first-order valence-corrected chi connectivity index (χ1v) is 11.5. The molecule has 1 fully saturated rings. The van der Waals surface area contributed by atoms with E-state index in [-0.39, 0.29) is 16.8 Å². The highest BCUT2D eigenvalue weighted by atomic mass is 127. The van der Waals surface area contributed by atoms with Gasteiger partial charge in [-0.1, -0.05) is 13.0 Å². The monoisotopic (exact) mass is 498 g/mol. The van der Waals surface area contributed by atoms with Crippen molar-refractivity contribution < 1.29 is 13.2 Å². The number of sulfonamides is 1. The first kappa shape index (κ1) is 20.3. The summed E-state index contributed by atoms with van der Waals surface area (Å²) in [6.07, 6.45) is 2.64. The van der Waals surface area contributed by atoms with Gasteiger partial charge in [0.05, 0.1) is 4.90 Å². The third kappa shape index (κ3) is 4.35. The number of rotatable bonds is 5. The van der Waals surface area contributed by atoms with Gasteiger partial charge in [0, 0.05) is 27.4 Å². The predicted molar refractivity (Wildman–Crippen MR) is 115 cm³/mol. The van der Waals surface area contributed by atoms with Crippen molar-refractivity contribution in [3.8, 4) is 0 Å². The third-order valence-corrected chi connectivity index (χ3v) is 8.08. The molecule has 1 N–H and O–H groups in total. The Morgan fingerprint density at radius 3 is 2.56 bits per heavy atom. The van der Waals surface area contributed by atoms with E-state index in [1.807, 2.05) is 26.0 Å². The fourth-order valence-corrected chi connectivity index (χ4v) is 5.60. The summed E-state index contributed by atoms with van der Waals surface area (Å²) in [4.78, 5) is 12.7. The van der Waals surface area contributed by atoms with Gasteiger partial charge in [0.25, 0.3) is 5.91 Å². The Bertz CT molecular complexity index is 942. The van der Waals surface area contributed by atoms with E-state index < -0.39 is 10.0 Å². The SMILES string of the molecule is CCC1CCCN1S(=O)(=O)c1ccc(NC(=O)c2ccc(C)c(I)c2)cc1. The molecule has 144 valence electrons. The number of amides is 1. The average Bonchev–Trinajstić information content (AvgIpc) is 3.14. The van der Waals surface area contributed by atoms with E-state index in [9.17, 15) is 13.2 Å². The quantitative estimate of drug-likeness (QED) is 0.621. The number of nitrogens with zero attached hydrogens (tertiary/aromatic N) is 1. The van der Waals surface area contributed by atoms with Crippen molar-refractivity contribution in [3.63, 3.8) is 0 Å². The van der Waals surface area contributed by atoms with Crippen molar-refractivity contribution in [1.82, 2.24) is 4.31 Å². The minimum atomic E-state index is -3.49. The first-order chi connectivity index (χ1) is 12.8. The maximum absolute atomic E-state index is 12.9. The summed E-state index contributed by atoms with van der Waals surface area (Å²) in [6, 6.07) is 12.0. The van der Waals surface area contributed by atoms with Crippen molar-refractivity contribution in [2.45, 2.75) is 44.0 Å². The second-order valence-electron chi connectivity index (χ2n) is 6.76. The Balaban J connectivity index is 1.75. The molecule has 27 heavy (non-hydrogen) atoms.